The first-order chi connectivity index (χ1) is 11.0. The molecule has 3 rings (SSSR count). The number of esters is 1. The van der Waals surface area contributed by atoms with Gasteiger partial charge in [0.25, 0.3) is 11.8 Å². The Kier molecular flexibility index (Phi) is 4.07. The third-order valence-electron chi connectivity index (χ3n) is 3.44. The summed E-state index contributed by atoms with van der Waals surface area (Å²) < 4.78 is 4.90. The maximum atomic E-state index is 12.1. The highest BCUT2D eigenvalue weighted by atomic mass is 32.1. The summed E-state index contributed by atoms with van der Waals surface area (Å²) in [7, 11) is 0. The zero-order chi connectivity index (χ0) is 16.4. The second kappa shape index (κ2) is 6.17. The van der Waals surface area contributed by atoms with Gasteiger partial charge in [-0.25, -0.2) is 4.79 Å². The largest absolute Gasteiger partial charge is 0.457 e. The van der Waals surface area contributed by atoms with Crippen LogP contribution in [0.25, 0.3) is 0 Å². The number of thiocarbonyl (C=S) groups is 1. The van der Waals surface area contributed by atoms with Crippen LogP contribution in [0.1, 0.15) is 32.7 Å². The number of fused-ring (bicyclic) bond motifs is 1. The molecule has 0 aliphatic carbocycles. The molecule has 7 nitrogen and oxygen atoms in total. The normalized spacial score (nSPS) is 17.6. The second-order valence-corrected chi connectivity index (χ2v) is 5.43. The van der Waals surface area contributed by atoms with E-state index >= 15 is 0 Å². The van der Waals surface area contributed by atoms with Gasteiger partial charge in [0.05, 0.1) is 5.56 Å². The van der Waals surface area contributed by atoms with Crippen molar-refractivity contribution >= 4 is 35.1 Å². The molecular formula is C15H13N3O4S. The van der Waals surface area contributed by atoms with E-state index in [1.54, 1.807) is 24.3 Å². The Labute approximate surface area is 137 Å². The van der Waals surface area contributed by atoms with Crippen molar-refractivity contribution in [3.8, 4) is 0 Å². The molecule has 3 N–H and O–H groups in total. The van der Waals surface area contributed by atoms with Crippen molar-refractivity contribution in [2.24, 2.45) is 0 Å². The van der Waals surface area contributed by atoms with Crippen LogP contribution in [-0.2, 0) is 16.1 Å². The van der Waals surface area contributed by atoms with Crippen LogP contribution < -0.4 is 16.0 Å². The molecular weight excluding hydrogens is 318 g/mol. The molecule has 0 aromatic heterocycles. The minimum atomic E-state index is -0.362. The molecule has 1 aromatic rings. The van der Waals surface area contributed by atoms with Crippen LogP contribution in [0.3, 0.4) is 0 Å². The van der Waals surface area contributed by atoms with Crippen molar-refractivity contribution in [1.82, 2.24) is 16.0 Å². The molecule has 0 spiro atoms. The number of benzene rings is 1. The zero-order valence-electron chi connectivity index (χ0n) is 12.0. The topological polar surface area (TPSA) is 96.5 Å². The quantitative estimate of drug-likeness (QED) is 0.319. The molecule has 0 atom stereocenters. The highest BCUT2D eigenvalue weighted by Gasteiger charge is 2.22. The second-order valence-electron chi connectivity index (χ2n) is 5.02. The van der Waals surface area contributed by atoms with Gasteiger partial charge in [0.15, 0.2) is 5.11 Å². The maximum Gasteiger partial charge on any atom is 0.338 e. The van der Waals surface area contributed by atoms with Crippen molar-refractivity contribution in [1.29, 1.82) is 0 Å². The van der Waals surface area contributed by atoms with Crippen LogP contribution in [0.4, 0.5) is 0 Å². The van der Waals surface area contributed by atoms with Gasteiger partial charge >= 0.3 is 5.97 Å². The van der Waals surface area contributed by atoms with Crippen LogP contribution >= 0.6 is 12.2 Å². The van der Waals surface area contributed by atoms with E-state index < -0.39 is 0 Å². The van der Waals surface area contributed by atoms with E-state index in [-0.39, 0.29) is 29.5 Å². The lowest BCUT2D eigenvalue weighted by Crippen LogP contribution is -2.24. The minimum Gasteiger partial charge on any atom is -0.457 e. The van der Waals surface area contributed by atoms with Gasteiger partial charge in [-0.2, -0.15) is 0 Å². The molecule has 0 unspecified atom stereocenters. The number of carbonyl (C=O) groups excluding carboxylic acids is 3. The molecule has 2 aliphatic heterocycles. The minimum absolute atomic E-state index is 0.197. The molecule has 0 bridgehead atoms. The number of rotatable bonds is 4. The molecule has 2 aliphatic rings. The summed E-state index contributed by atoms with van der Waals surface area (Å²) in [5.74, 6) is -0.881. The Morgan fingerprint density at radius 3 is 2.91 bits per heavy atom. The maximum absolute atomic E-state index is 12.1. The van der Waals surface area contributed by atoms with Crippen molar-refractivity contribution in [2.45, 2.75) is 13.0 Å². The lowest BCUT2D eigenvalue weighted by molar-refractivity contribution is -0.115. The molecule has 1 aromatic carbocycles. The predicted octanol–water partition coefficient (Wildman–Crippen LogP) is 0.365. The number of nitrogens with one attached hydrogen (secondary N) is 3. The van der Waals surface area contributed by atoms with Crippen LogP contribution in [0.5, 0.6) is 0 Å². The monoisotopic (exact) mass is 331 g/mol. The van der Waals surface area contributed by atoms with E-state index in [9.17, 15) is 14.4 Å². The Morgan fingerprint density at radius 1 is 1.35 bits per heavy atom. The first-order valence-corrected chi connectivity index (χ1v) is 7.36. The van der Waals surface area contributed by atoms with Crippen LogP contribution in [0.15, 0.2) is 30.0 Å². The molecule has 1 fully saturated rings. The van der Waals surface area contributed by atoms with Crippen LogP contribution in [-0.4, -0.2) is 29.4 Å². The number of hydrogen-bond donors (Lipinski definition) is 3. The Bertz CT molecular complexity index is 757. The fourth-order valence-corrected chi connectivity index (χ4v) is 2.51. The van der Waals surface area contributed by atoms with Crippen molar-refractivity contribution < 1.29 is 19.1 Å². The van der Waals surface area contributed by atoms with E-state index in [2.05, 4.69) is 16.0 Å². The summed E-state index contributed by atoms with van der Waals surface area (Å²) in [5, 5.41) is 8.21. The molecule has 8 heteroatoms. The average Bonchev–Trinajstić information content (AvgIpc) is 3.05. The average molecular weight is 331 g/mol. The lowest BCUT2D eigenvalue weighted by Gasteiger charge is -2.05. The van der Waals surface area contributed by atoms with Crippen molar-refractivity contribution in [3.05, 3.63) is 46.7 Å². The number of cyclic esters (lactones) is 1. The number of ether oxygens (including phenoxy) is 1. The molecule has 23 heavy (non-hydrogen) atoms. The third kappa shape index (κ3) is 3.21. The van der Waals surface area contributed by atoms with Gasteiger partial charge in [-0.15, -0.1) is 0 Å². The summed E-state index contributed by atoms with van der Waals surface area (Å²) in [6.45, 7) is 0.568. The Balaban J connectivity index is 1.54. The van der Waals surface area contributed by atoms with E-state index in [4.69, 9.17) is 17.0 Å². The van der Waals surface area contributed by atoms with E-state index in [1.807, 2.05) is 0 Å². The lowest BCUT2D eigenvalue weighted by atomic mass is 10.1. The SMILES string of the molecule is O=C1NC(=S)N/C1=C/CCNC(=O)c1ccc2c(c1)COC2=O. The number of carbonyl (C=O) groups is 3. The van der Waals surface area contributed by atoms with E-state index in [0.29, 0.717) is 35.4 Å². The number of hydrogen-bond acceptors (Lipinski definition) is 5. The molecule has 1 saturated heterocycles. The Morgan fingerprint density at radius 2 is 2.17 bits per heavy atom. The molecule has 2 amide bonds. The van der Waals surface area contributed by atoms with Gasteiger partial charge in [0.2, 0.25) is 0 Å². The predicted molar refractivity (Wildman–Crippen MR) is 84.5 cm³/mol. The highest BCUT2D eigenvalue weighted by Crippen LogP contribution is 2.20. The first-order valence-electron chi connectivity index (χ1n) is 6.95. The molecule has 0 radical (unpaired) electrons. The number of amides is 2. The van der Waals surface area contributed by atoms with E-state index in [1.165, 1.54) is 0 Å². The van der Waals surface area contributed by atoms with Gasteiger partial charge in [-0.1, -0.05) is 6.08 Å². The van der Waals surface area contributed by atoms with Crippen LogP contribution in [0, 0.1) is 0 Å². The molecule has 0 saturated carbocycles. The van der Waals surface area contributed by atoms with Gasteiger partial charge in [0.1, 0.15) is 12.3 Å². The standard InChI is InChI=1S/C15H13N3O4S/c19-12(8-3-4-10-9(6-8)7-22-14(10)21)16-5-1-2-11-13(20)18-15(23)17-11/h2-4,6H,1,5,7H2,(H,16,19)(H2,17,18,20,23)/b11-2+. The van der Waals surface area contributed by atoms with E-state index in [0.717, 1.165) is 0 Å². The van der Waals surface area contributed by atoms with Gasteiger partial charge < -0.3 is 15.4 Å². The summed E-state index contributed by atoms with van der Waals surface area (Å²) in [5.41, 5.74) is 2.07. The summed E-state index contributed by atoms with van der Waals surface area (Å²) in [6.07, 6.45) is 2.15. The molecule has 2 heterocycles. The summed E-state index contributed by atoms with van der Waals surface area (Å²) in [4.78, 5) is 34.8. The third-order valence-corrected chi connectivity index (χ3v) is 3.65. The highest BCUT2D eigenvalue weighted by molar-refractivity contribution is 7.80. The van der Waals surface area contributed by atoms with Gasteiger partial charge in [-0.3, -0.25) is 14.9 Å². The zero-order valence-corrected chi connectivity index (χ0v) is 12.8. The smallest absolute Gasteiger partial charge is 0.338 e. The Hall–Kier alpha value is -2.74. The molecule has 118 valence electrons. The fourth-order valence-electron chi connectivity index (χ4n) is 2.30. The van der Waals surface area contributed by atoms with Crippen molar-refractivity contribution in [2.75, 3.05) is 6.54 Å². The van der Waals surface area contributed by atoms with Gasteiger partial charge in [0, 0.05) is 17.7 Å². The van der Waals surface area contributed by atoms with Crippen molar-refractivity contribution in [3.63, 3.8) is 0 Å². The first kappa shape index (κ1) is 15.2. The summed E-state index contributed by atoms with van der Waals surface area (Å²) >= 11 is 4.82. The van der Waals surface area contributed by atoms with Crippen LogP contribution in [0.2, 0.25) is 0 Å². The fraction of sp³-hybridized carbons (Fsp3) is 0.200. The van der Waals surface area contributed by atoms with Gasteiger partial charge in [-0.05, 0) is 36.8 Å². The summed E-state index contributed by atoms with van der Waals surface area (Å²) in [6, 6.07) is 4.83.